The van der Waals surface area contributed by atoms with Crippen LogP contribution in [0.25, 0.3) is 11.1 Å². The summed E-state index contributed by atoms with van der Waals surface area (Å²) in [4.78, 5) is 12.7. The van der Waals surface area contributed by atoms with Crippen LogP contribution in [-0.2, 0) is 18.8 Å². The Kier molecular flexibility index (Phi) is 6.20. The fourth-order valence-corrected chi connectivity index (χ4v) is 3.22. The lowest BCUT2D eigenvalue weighted by molar-refractivity contribution is -0.143. The SMILES string of the molecule is CCc1ccccc1-c1ccc(O)c(C(=O)Nc2cc(C(F)(F)F)cc(C(F)(F)F)c2)c1. The average Bonchev–Trinajstić information content (AvgIpc) is 2.72. The number of aryl methyl sites for hydroxylation is 1. The number of carbonyl (C=O) groups is 1. The number of alkyl halides is 6. The monoisotopic (exact) mass is 453 g/mol. The number of rotatable bonds is 4. The van der Waals surface area contributed by atoms with E-state index in [4.69, 9.17) is 0 Å². The van der Waals surface area contributed by atoms with Gasteiger partial charge in [0.15, 0.2) is 0 Å². The first-order valence-electron chi connectivity index (χ1n) is 9.42. The predicted octanol–water partition coefficient (Wildman–Crippen LogP) is 6.91. The van der Waals surface area contributed by atoms with Gasteiger partial charge >= 0.3 is 12.4 Å². The van der Waals surface area contributed by atoms with Crippen LogP contribution >= 0.6 is 0 Å². The number of amides is 1. The molecule has 0 radical (unpaired) electrons. The highest BCUT2D eigenvalue weighted by atomic mass is 19.4. The Morgan fingerprint density at radius 1 is 0.875 bits per heavy atom. The summed E-state index contributed by atoms with van der Waals surface area (Å²) < 4.78 is 78.3. The van der Waals surface area contributed by atoms with Crippen LogP contribution < -0.4 is 5.32 Å². The number of hydrogen-bond donors (Lipinski definition) is 2. The van der Waals surface area contributed by atoms with E-state index in [1.54, 1.807) is 18.2 Å². The summed E-state index contributed by atoms with van der Waals surface area (Å²) in [6.07, 6.45) is -9.41. The summed E-state index contributed by atoms with van der Waals surface area (Å²) >= 11 is 0. The molecule has 0 saturated carbocycles. The molecular formula is C23H17F6NO2. The molecule has 32 heavy (non-hydrogen) atoms. The number of phenols is 1. The van der Waals surface area contributed by atoms with E-state index in [2.05, 4.69) is 0 Å². The Morgan fingerprint density at radius 2 is 1.47 bits per heavy atom. The first-order valence-corrected chi connectivity index (χ1v) is 9.42. The molecule has 9 heteroatoms. The number of halogens is 6. The molecule has 3 nitrogen and oxygen atoms in total. The number of hydrogen-bond acceptors (Lipinski definition) is 2. The number of carbonyl (C=O) groups excluding carboxylic acids is 1. The minimum absolute atomic E-state index is 0.0323. The van der Waals surface area contributed by atoms with E-state index in [9.17, 15) is 36.2 Å². The standard InChI is InChI=1S/C23H17F6NO2/c1-2-13-5-3-4-6-18(13)14-7-8-20(31)19(9-14)21(32)30-17-11-15(22(24,25)26)10-16(12-17)23(27,28)29/h3-12,31H,2H2,1H3,(H,30,32). The third-order valence-electron chi connectivity index (χ3n) is 4.80. The van der Waals surface area contributed by atoms with Crippen molar-refractivity contribution in [3.05, 3.63) is 82.9 Å². The zero-order valence-electron chi connectivity index (χ0n) is 16.6. The van der Waals surface area contributed by atoms with E-state index in [-0.39, 0.29) is 11.6 Å². The Hall–Kier alpha value is -3.49. The summed E-state index contributed by atoms with van der Waals surface area (Å²) in [6, 6.07) is 12.2. The van der Waals surface area contributed by atoms with Crippen molar-refractivity contribution < 1.29 is 36.2 Å². The van der Waals surface area contributed by atoms with Crippen LogP contribution in [0, 0.1) is 0 Å². The lowest BCUT2D eigenvalue weighted by Crippen LogP contribution is -2.16. The van der Waals surface area contributed by atoms with Gasteiger partial charge < -0.3 is 10.4 Å². The zero-order valence-corrected chi connectivity index (χ0v) is 16.6. The van der Waals surface area contributed by atoms with E-state index < -0.39 is 40.8 Å². The van der Waals surface area contributed by atoms with Gasteiger partial charge in [0.2, 0.25) is 0 Å². The average molecular weight is 453 g/mol. The first kappa shape index (κ1) is 23.2. The van der Waals surface area contributed by atoms with E-state index in [0.29, 0.717) is 24.1 Å². The molecule has 3 rings (SSSR count). The van der Waals surface area contributed by atoms with Crippen molar-refractivity contribution in [2.24, 2.45) is 0 Å². The Bertz CT molecular complexity index is 1120. The molecule has 168 valence electrons. The number of nitrogens with one attached hydrogen (secondary N) is 1. The predicted molar refractivity (Wildman–Crippen MR) is 107 cm³/mol. The maximum Gasteiger partial charge on any atom is 0.416 e. The van der Waals surface area contributed by atoms with Crippen molar-refractivity contribution in [1.29, 1.82) is 0 Å². The molecule has 0 unspecified atom stereocenters. The molecule has 0 fully saturated rings. The lowest BCUT2D eigenvalue weighted by Gasteiger charge is -2.15. The van der Waals surface area contributed by atoms with Gasteiger partial charge in [-0.05, 0) is 53.4 Å². The van der Waals surface area contributed by atoms with Gasteiger partial charge in [-0.15, -0.1) is 0 Å². The molecule has 3 aromatic rings. The smallest absolute Gasteiger partial charge is 0.416 e. The largest absolute Gasteiger partial charge is 0.507 e. The summed E-state index contributed by atoms with van der Waals surface area (Å²) in [5.41, 5.74) is -1.81. The molecule has 1 amide bonds. The van der Waals surface area contributed by atoms with Crippen LogP contribution in [0.4, 0.5) is 32.0 Å². The van der Waals surface area contributed by atoms with Crippen LogP contribution in [0.1, 0.15) is 34.0 Å². The van der Waals surface area contributed by atoms with E-state index in [1.165, 1.54) is 12.1 Å². The molecule has 0 aliphatic heterocycles. The van der Waals surface area contributed by atoms with E-state index in [1.807, 2.05) is 24.4 Å². The third-order valence-corrected chi connectivity index (χ3v) is 4.80. The van der Waals surface area contributed by atoms with Gasteiger partial charge in [0.25, 0.3) is 5.91 Å². The summed E-state index contributed by atoms with van der Waals surface area (Å²) in [7, 11) is 0. The van der Waals surface area contributed by atoms with Gasteiger partial charge in [0.05, 0.1) is 16.7 Å². The summed E-state index contributed by atoms with van der Waals surface area (Å²) in [5, 5.41) is 12.1. The van der Waals surface area contributed by atoms with Gasteiger partial charge in [0.1, 0.15) is 5.75 Å². The molecule has 0 saturated heterocycles. The minimum atomic E-state index is -5.05. The molecule has 0 atom stereocenters. The third kappa shape index (κ3) is 5.04. The number of benzene rings is 3. The second kappa shape index (κ2) is 8.57. The molecular weight excluding hydrogens is 436 g/mol. The van der Waals surface area contributed by atoms with Crippen molar-refractivity contribution in [3.63, 3.8) is 0 Å². The van der Waals surface area contributed by atoms with Crippen LogP contribution in [-0.4, -0.2) is 11.0 Å². The van der Waals surface area contributed by atoms with E-state index >= 15 is 0 Å². The van der Waals surface area contributed by atoms with Crippen molar-refractivity contribution in [2.75, 3.05) is 5.32 Å². The zero-order chi connectivity index (χ0) is 23.7. The molecule has 0 aliphatic carbocycles. The fraction of sp³-hybridized carbons (Fsp3) is 0.174. The van der Waals surface area contributed by atoms with Crippen molar-refractivity contribution >= 4 is 11.6 Å². The van der Waals surface area contributed by atoms with Crippen molar-refractivity contribution in [2.45, 2.75) is 25.7 Å². The molecule has 0 spiro atoms. The summed E-state index contributed by atoms with van der Waals surface area (Å²) in [5.74, 6) is -1.52. The fourth-order valence-electron chi connectivity index (χ4n) is 3.22. The molecule has 3 aromatic carbocycles. The van der Waals surface area contributed by atoms with Crippen molar-refractivity contribution in [3.8, 4) is 16.9 Å². The quantitative estimate of drug-likeness (QED) is 0.422. The van der Waals surface area contributed by atoms with Gasteiger partial charge in [0, 0.05) is 5.69 Å². The maximum atomic E-state index is 13.1. The van der Waals surface area contributed by atoms with Gasteiger partial charge in [-0.25, -0.2) is 0 Å². The first-order chi connectivity index (χ1) is 14.9. The van der Waals surface area contributed by atoms with Crippen LogP contribution in [0.3, 0.4) is 0 Å². The lowest BCUT2D eigenvalue weighted by atomic mass is 9.96. The highest BCUT2D eigenvalue weighted by molar-refractivity contribution is 6.07. The topological polar surface area (TPSA) is 49.3 Å². The highest BCUT2D eigenvalue weighted by Gasteiger charge is 2.37. The summed E-state index contributed by atoms with van der Waals surface area (Å²) in [6.45, 7) is 1.93. The second-order valence-electron chi connectivity index (χ2n) is 6.99. The maximum absolute atomic E-state index is 13.1. The van der Waals surface area contributed by atoms with Crippen molar-refractivity contribution in [1.82, 2.24) is 0 Å². The van der Waals surface area contributed by atoms with E-state index in [0.717, 1.165) is 11.1 Å². The normalized spacial score (nSPS) is 12.0. The van der Waals surface area contributed by atoms with Crippen LogP contribution in [0.15, 0.2) is 60.7 Å². The van der Waals surface area contributed by atoms with Gasteiger partial charge in [-0.1, -0.05) is 37.3 Å². The van der Waals surface area contributed by atoms with Gasteiger partial charge in [-0.3, -0.25) is 4.79 Å². The number of aromatic hydroxyl groups is 1. The molecule has 0 aliphatic rings. The van der Waals surface area contributed by atoms with Crippen LogP contribution in [0.2, 0.25) is 0 Å². The Labute approximate surface area is 179 Å². The molecule has 0 bridgehead atoms. The molecule has 0 aromatic heterocycles. The molecule has 0 heterocycles. The Morgan fingerprint density at radius 3 is 2.03 bits per heavy atom. The second-order valence-corrected chi connectivity index (χ2v) is 6.99. The highest BCUT2D eigenvalue weighted by Crippen LogP contribution is 2.38. The number of anilines is 1. The Balaban J connectivity index is 2.01. The minimum Gasteiger partial charge on any atom is -0.507 e. The number of phenolic OH excluding ortho intramolecular Hbond substituents is 1. The molecule has 2 N–H and O–H groups in total. The van der Waals surface area contributed by atoms with Gasteiger partial charge in [-0.2, -0.15) is 26.3 Å². The van der Waals surface area contributed by atoms with Crippen LogP contribution in [0.5, 0.6) is 5.75 Å².